The summed E-state index contributed by atoms with van der Waals surface area (Å²) in [6, 6.07) is 0.426. The van der Waals surface area contributed by atoms with Gasteiger partial charge in [0.05, 0.1) is 0 Å². The standard InChI is InChI=1S/C18H33N3O2/c1-2-3-7-12-19-17(22)15-10-13-21(14-11-15)18(23)20-16-8-5-4-6-9-16/h15-16H,2-14H2,1H3,(H,19,22)(H,20,23). The summed E-state index contributed by atoms with van der Waals surface area (Å²) in [6.07, 6.45) is 11.0. The van der Waals surface area contributed by atoms with Crippen molar-refractivity contribution in [3.63, 3.8) is 0 Å². The summed E-state index contributed by atoms with van der Waals surface area (Å²) in [5.74, 6) is 0.254. The smallest absolute Gasteiger partial charge is 0.317 e. The lowest BCUT2D eigenvalue weighted by Crippen LogP contribution is -2.49. The van der Waals surface area contributed by atoms with E-state index < -0.39 is 0 Å². The molecule has 0 spiro atoms. The van der Waals surface area contributed by atoms with E-state index >= 15 is 0 Å². The molecule has 23 heavy (non-hydrogen) atoms. The first-order valence-electron chi connectivity index (χ1n) is 9.54. The molecule has 0 aromatic rings. The molecule has 0 unspecified atom stereocenters. The van der Waals surface area contributed by atoms with E-state index in [1.165, 1.54) is 32.1 Å². The monoisotopic (exact) mass is 323 g/mol. The maximum absolute atomic E-state index is 12.3. The minimum Gasteiger partial charge on any atom is -0.356 e. The molecular formula is C18H33N3O2. The van der Waals surface area contributed by atoms with Crippen molar-refractivity contribution in [2.75, 3.05) is 19.6 Å². The average molecular weight is 323 g/mol. The molecule has 2 fully saturated rings. The molecule has 1 aliphatic carbocycles. The van der Waals surface area contributed by atoms with Gasteiger partial charge in [-0.1, -0.05) is 39.0 Å². The van der Waals surface area contributed by atoms with Crippen molar-refractivity contribution in [3.05, 3.63) is 0 Å². The number of nitrogens with zero attached hydrogens (tertiary/aromatic N) is 1. The average Bonchev–Trinajstić information content (AvgIpc) is 2.59. The molecule has 0 bridgehead atoms. The van der Waals surface area contributed by atoms with Gasteiger partial charge in [-0.15, -0.1) is 0 Å². The Balaban J connectivity index is 1.64. The number of unbranched alkanes of at least 4 members (excludes halogenated alkanes) is 2. The number of nitrogens with one attached hydrogen (secondary N) is 2. The zero-order chi connectivity index (χ0) is 16.5. The lowest BCUT2D eigenvalue weighted by molar-refractivity contribution is -0.126. The lowest BCUT2D eigenvalue weighted by atomic mass is 9.95. The van der Waals surface area contributed by atoms with Crippen molar-refractivity contribution < 1.29 is 9.59 Å². The largest absolute Gasteiger partial charge is 0.356 e. The van der Waals surface area contributed by atoms with E-state index in [2.05, 4.69) is 17.6 Å². The maximum atomic E-state index is 12.3. The molecule has 1 aliphatic heterocycles. The number of likely N-dealkylation sites (tertiary alicyclic amines) is 1. The minimum absolute atomic E-state index is 0.0682. The Bertz CT molecular complexity index is 372. The highest BCUT2D eigenvalue weighted by Gasteiger charge is 2.28. The molecule has 1 saturated carbocycles. The number of hydrogen-bond acceptors (Lipinski definition) is 2. The number of carbonyl (C=O) groups excluding carboxylic acids is 2. The summed E-state index contributed by atoms with van der Waals surface area (Å²) in [5.41, 5.74) is 0. The summed E-state index contributed by atoms with van der Waals surface area (Å²) in [6.45, 7) is 4.35. The third-order valence-corrected chi connectivity index (χ3v) is 5.17. The molecule has 0 aromatic carbocycles. The Morgan fingerprint density at radius 1 is 1.00 bits per heavy atom. The van der Waals surface area contributed by atoms with Crippen LogP contribution in [0.3, 0.4) is 0 Å². The van der Waals surface area contributed by atoms with Crippen molar-refractivity contribution in [2.24, 2.45) is 5.92 Å². The molecule has 0 atom stereocenters. The van der Waals surface area contributed by atoms with Gasteiger partial charge in [0.1, 0.15) is 0 Å². The van der Waals surface area contributed by atoms with Gasteiger partial charge in [0.2, 0.25) is 5.91 Å². The highest BCUT2D eigenvalue weighted by atomic mass is 16.2. The summed E-state index contributed by atoms with van der Waals surface area (Å²) in [5, 5.41) is 6.21. The van der Waals surface area contributed by atoms with Crippen molar-refractivity contribution in [3.8, 4) is 0 Å². The summed E-state index contributed by atoms with van der Waals surface area (Å²) in [4.78, 5) is 26.3. The van der Waals surface area contributed by atoms with E-state index in [1.807, 2.05) is 4.90 Å². The van der Waals surface area contributed by atoms with Crippen molar-refractivity contribution in [1.82, 2.24) is 15.5 Å². The van der Waals surface area contributed by atoms with Crippen LogP contribution in [0, 0.1) is 5.92 Å². The first-order chi connectivity index (χ1) is 11.2. The van der Waals surface area contributed by atoms with Crippen LogP contribution >= 0.6 is 0 Å². The number of hydrogen-bond donors (Lipinski definition) is 2. The maximum Gasteiger partial charge on any atom is 0.317 e. The van der Waals surface area contributed by atoms with Crippen molar-refractivity contribution in [2.45, 2.75) is 77.2 Å². The van der Waals surface area contributed by atoms with Gasteiger partial charge in [-0.2, -0.15) is 0 Å². The SMILES string of the molecule is CCCCCNC(=O)C1CCN(C(=O)NC2CCCCC2)CC1. The molecule has 5 heteroatoms. The third kappa shape index (κ3) is 6.04. The van der Waals surface area contributed by atoms with Gasteiger partial charge >= 0.3 is 6.03 Å². The molecule has 0 radical (unpaired) electrons. The van der Waals surface area contributed by atoms with Gasteiger partial charge < -0.3 is 15.5 Å². The van der Waals surface area contributed by atoms with E-state index in [9.17, 15) is 9.59 Å². The van der Waals surface area contributed by atoms with Gasteiger partial charge in [0.25, 0.3) is 0 Å². The minimum atomic E-state index is 0.0682. The first-order valence-corrected chi connectivity index (χ1v) is 9.54. The van der Waals surface area contributed by atoms with Crippen LogP contribution in [0.1, 0.15) is 71.1 Å². The van der Waals surface area contributed by atoms with Crippen LogP contribution in [-0.2, 0) is 4.79 Å². The second kappa shape index (κ2) is 9.78. The topological polar surface area (TPSA) is 61.4 Å². The predicted molar refractivity (Wildman–Crippen MR) is 92.2 cm³/mol. The van der Waals surface area contributed by atoms with Gasteiger partial charge in [-0.3, -0.25) is 4.79 Å². The highest BCUT2D eigenvalue weighted by Crippen LogP contribution is 2.20. The zero-order valence-corrected chi connectivity index (χ0v) is 14.6. The van der Waals surface area contributed by atoms with Crippen molar-refractivity contribution in [1.29, 1.82) is 0 Å². The fourth-order valence-electron chi connectivity index (χ4n) is 3.59. The molecule has 3 amide bonds. The first kappa shape index (κ1) is 18.1. The van der Waals surface area contributed by atoms with E-state index in [0.29, 0.717) is 19.1 Å². The van der Waals surface area contributed by atoms with E-state index in [-0.39, 0.29) is 17.9 Å². The zero-order valence-electron chi connectivity index (χ0n) is 14.6. The van der Waals surface area contributed by atoms with Crippen LogP contribution in [0.5, 0.6) is 0 Å². The summed E-state index contributed by atoms with van der Waals surface area (Å²) >= 11 is 0. The molecule has 0 aromatic heterocycles. The van der Waals surface area contributed by atoms with E-state index in [0.717, 1.165) is 38.6 Å². The Hall–Kier alpha value is -1.26. The van der Waals surface area contributed by atoms with Crippen LogP contribution in [-0.4, -0.2) is 42.5 Å². The Morgan fingerprint density at radius 2 is 1.70 bits per heavy atom. The number of piperidine rings is 1. The third-order valence-electron chi connectivity index (χ3n) is 5.17. The molecule has 2 rings (SSSR count). The Morgan fingerprint density at radius 3 is 2.35 bits per heavy atom. The highest BCUT2D eigenvalue weighted by molar-refractivity contribution is 5.79. The lowest BCUT2D eigenvalue weighted by Gasteiger charge is -2.33. The van der Waals surface area contributed by atoms with E-state index in [4.69, 9.17) is 0 Å². The predicted octanol–water partition coefficient (Wildman–Crippen LogP) is 3.05. The molecule has 132 valence electrons. The fraction of sp³-hybridized carbons (Fsp3) is 0.889. The van der Waals surface area contributed by atoms with Gasteiger partial charge in [-0.25, -0.2) is 4.79 Å². The number of carbonyl (C=O) groups is 2. The van der Waals surface area contributed by atoms with Gasteiger partial charge in [0.15, 0.2) is 0 Å². The van der Waals surface area contributed by atoms with Crippen LogP contribution in [0.25, 0.3) is 0 Å². The normalized spacial score (nSPS) is 20.3. The molecule has 1 heterocycles. The second-order valence-electron chi connectivity index (χ2n) is 7.04. The molecule has 2 N–H and O–H groups in total. The van der Waals surface area contributed by atoms with Crippen molar-refractivity contribution >= 4 is 11.9 Å². The van der Waals surface area contributed by atoms with Gasteiger partial charge in [-0.05, 0) is 32.1 Å². The Labute approximate surface area is 140 Å². The summed E-state index contributed by atoms with van der Waals surface area (Å²) in [7, 11) is 0. The number of amides is 3. The van der Waals surface area contributed by atoms with E-state index in [1.54, 1.807) is 0 Å². The molecule has 5 nitrogen and oxygen atoms in total. The fourth-order valence-corrected chi connectivity index (χ4v) is 3.59. The molecule has 1 saturated heterocycles. The van der Waals surface area contributed by atoms with Crippen LogP contribution in [0.4, 0.5) is 4.79 Å². The van der Waals surface area contributed by atoms with Crippen LogP contribution in [0.2, 0.25) is 0 Å². The quantitative estimate of drug-likeness (QED) is 0.738. The summed E-state index contributed by atoms with van der Waals surface area (Å²) < 4.78 is 0. The van der Waals surface area contributed by atoms with Gasteiger partial charge in [0, 0.05) is 31.6 Å². The number of urea groups is 1. The van der Waals surface area contributed by atoms with Crippen LogP contribution in [0.15, 0.2) is 0 Å². The molecule has 2 aliphatic rings. The van der Waals surface area contributed by atoms with Crippen LogP contribution < -0.4 is 10.6 Å². The number of rotatable bonds is 6. The molecular weight excluding hydrogens is 290 g/mol. The Kier molecular flexibility index (Phi) is 7.69. The second-order valence-corrected chi connectivity index (χ2v) is 7.04.